The highest BCUT2D eigenvalue weighted by Crippen LogP contribution is 2.22. The molecule has 0 aliphatic heterocycles. The predicted octanol–water partition coefficient (Wildman–Crippen LogP) is 3.84. The molecular formula is C17H16N2O2S. The first kappa shape index (κ1) is 14.5. The van der Waals surface area contributed by atoms with Gasteiger partial charge in [0.25, 0.3) is 0 Å². The summed E-state index contributed by atoms with van der Waals surface area (Å²) < 4.78 is 8.22. The molecule has 1 amide bonds. The van der Waals surface area contributed by atoms with E-state index in [1.807, 2.05) is 4.57 Å². The van der Waals surface area contributed by atoms with Crippen LogP contribution in [-0.2, 0) is 6.54 Å². The maximum absolute atomic E-state index is 12.1. The predicted molar refractivity (Wildman–Crippen MR) is 88.1 cm³/mol. The van der Waals surface area contributed by atoms with Gasteiger partial charge in [0.1, 0.15) is 0 Å². The SMILES string of the molecule is C=CCn1c(=NC(=O)c2ccco2)sc2cc(C)c(C)cc21. The summed E-state index contributed by atoms with van der Waals surface area (Å²) in [6, 6.07) is 7.55. The van der Waals surface area contributed by atoms with Gasteiger partial charge < -0.3 is 8.98 Å². The van der Waals surface area contributed by atoms with Gasteiger partial charge in [0.05, 0.1) is 16.5 Å². The molecule has 0 saturated heterocycles. The van der Waals surface area contributed by atoms with Crippen molar-refractivity contribution in [3.63, 3.8) is 0 Å². The van der Waals surface area contributed by atoms with E-state index in [1.165, 1.54) is 28.7 Å². The summed E-state index contributed by atoms with van der Waals surface area (Å²) in [5.41, 5.74) is 3.51. The van der Waals surface area contributed by atoms with Crippen LogP contribution in [0.15, 0.2) is 52.6 Å². The molecular weight excluding hydrogens is 296 g/mol. The lowest BCUT2D eigenvalue weighted by Crippen LogP contribution is -2.16. The number of amides is 1. The van der Waals surface area contributed by atoms with Gasteiger partial charge in [-0.3, -0.25) is 4.79 Å². The van der Waals surface area contributed by atoms with E-state index in [-0.39, 0.29) is 11.7 Å². The lowest BCUT2D eigenvalue weighted by atomic mass is 10.1. The molecule has 1 aromatic carbocycles. The summed E-state index contributed by atoms with van der Waals surface area (Å²) in [6.07, 6.45) is 3.27. The third-order valence-electron chi connectivity index (χ3n) is 3.54. The van der Waals surface area contributed by atoms with Gasteiger partial charge >= 0.3 is 5.91 Å². The molecule has 0 radical (unpaired) electrons. The maximum atomic E-state index is 12.1. The Morgan fingerprint density at radius 1 is 1.41 bits per heavy atom. The minimum absolute atomic E-state index is 0.245. The molecule has 0 bridgehead atoms. The van der Waals surface area contributed by atoms with Gasteiger partial charge in [0.2, 0.25) is 0 Å². The lowest BCUT2D eigenvalue weighted by Gasteiger charge is -2.03. The van der Waals surface area contributed by atoms with E-state index in [9.17, 15) is 4.79 Å². The van der Waals surface area contributed by atoms with Gasteiger partial charge in [-0.05, 0) is 49.2 Å². The molecule has 0 atom stereocenters. The average molecular weight is 312 g/mol. The van der Waals surface area contributed by atoms with Crippen molar-refractivity contribution < 1.29 is 9.21 Å². The largest absolute Gasteiger partial charge is 0.459 e. The van der Waals surface area contributed by atoms with Gasteiger partial charge in [-0.15, -0.1) is 6.58 Å². The van der Waals surface area contributed by atoms with Gasteiger partial charge in [0, 0.05) is 6.54 Å². The van der Waals surface area contributed by atoms with E-state index in [0.29, 0.717) is 11.3 Å². The molecule has 0 aliphatic carbocycles. The van der Waals surface area contributed by atoms with Gasteiger partial charge in [-0.2, -0.15) is 4.99 Å². The second kappa shape index (κ2) is 5.77. The fraction of sp³-hybridized carbons (Fsp3) is 0.176. The van der Waals surface area contributed by atoms with Crippen molar-refractivity contribution in [1.82, 2.24) is 4.57 Å². The van der Waals surface area contributed by atoms with Crippen LogP contribution in [0.2, 0.25) is 0 Å². The van der Waals surface area contributed by atoms with Crippen molar-refractivity contribution in [2.45, 2.75) is 20.4 Å². The van der Waals surface area contributed by atoms with Crippen LogP contribution >= 0.6 is 11.3 Å². The molecule has 3 aromatic rings. The number of nitrogens with zero attached hydrogens (tertiary/aromatic N) is 2. The Morgan fingerprint density at radius 2 is 2.18 bits per heavy atom. The fourth-order valence-electron chi connectivity index (χ4n) is 2.25. The van der Waals surface area contributed by atoms with E-state index >= 15 is 0 Å². The van der Waals surface area contributed by atoms with Crippen LogP contribution in [0, 0.1) is 13.8 Å². The summed E-state index contributed by atoms with van der Waals surface area (Å²) in [4.78, 5) is 17.0. The highest BCUT2D eigenvalue weighted by atomic mass is 32.1. The van der Waals surface area contributed by atoms with E-state index in [2.05, 4.69) is 37.6 Å². The molecule has 5 heteroatoms. The minimum atomic E-state index is -0.372. The zero-order chi connectivity index (χ0) is 15.7. The van der Waals surface area contributed by atoms with Crippen LogP contribution in [0.3, 0.4) is 0 Å². The van der Waals surface area contributed by atoms with Crippen molar-refractivity contribution in [2.24, 2.45) is 4.99 Å². The molecule has 22 heavy (non-hydrogen) atoms. The van der Waals surface area contributed by atoms with Crippen LogP contribution in [0.4, 0.5) is 0 Å². The Bertz CT molecular complexity index is 914. The van der Waals surface area contributed by atoms with E-state index < -0.39 is 0 Å². The van der Waals surface area contributed by atoms with Gasteiger partial charge in [-0.1, -0.05) is 17.4 Å². The number of allylic oxidation sites excluding steroid dienone is 1. The van der Waals surface area contributed by atoms with Crippen LogP contribution in [-0.4, -0.2) is 10.5 Å². The topological polar surface area (TPSA) is 47.5 Å². The van der Waals surface area contributed by atoms with Crippen molar-refractivity contribution in [1.29, 1.82) is 0 Å². The molecule has 0 aliphatic rings. The van der Waals surface area contributed by atoms with Crippen LogP contribution in [0.5, 0.6) is 0 Å². The third-order valence-corrected chi connectivity index (χ3v) is 4.58. The number of hydrogen-bond acceptors (Lipinski definition) is 3. The second-order valence-corrected chi connectivity index (χ2v) is 6.09. The van der Waals surface area contributed by atoms with Crippen molar-refractivity contribution in [3.8, 4) is 0 Å². The highest BCUT2D eigenvalue weighted by molar-refractivity contribution is 7.16. The van der Waals surface area contributed by atoms with Crippen molar-refractivity contribution in [2.75, 3.05) is 0 Å². The highest BCUT2D eigenvalue weighted by Gasteiger charge is 2.11. The van der Waals surface area contributed by atoms with Crippen molar-refractivity contribution >= 4 is 27.5 Å². The van der Waals surface area contributed by atoms with Crippen LogP contribution < -0.4 is 4.80 Å². The van der Waals surface area contributed by atoms with Gasteiger partial charge in [-0.25, -0.2) is 0 Å². The zero-order valence-electron chi connectivity index (χ0n) is 12.5. The molecule has 112 valence electrons. The third kappa shape index (κ3) is 2.55. The summed E-state index contributed by atoms with van der Waals surface area (Å²) in [6.45, 7) is 8.55. The standard InChI is InChI=1S/C17H16N2O2S/c1-4-7-19-13-9-11(2)12(3)10-15(13)22-17(19)18-16(20)14-6-5-8-21-14/h4-6,8-10H,1,7H2,2-3H3. The van der Waals surface area contributed by atoms with Crippen LogP contribution in [0.25, 0.3) is 10.2 Å². The molecule has 0 unspecified atom stereocenters. The first-order valence-corrected chi connectivity index (χ1v) is 7.76. The minimum Gasteiger partial charge on any atom is -0.459 e. The number of furan rings is 1. The maximum Gasteiger partial charge on any atom is 0.315 e. The molecule has 0 saturated carbocycles. The Kier molecular flexibility index (Phi) is 3.81. The number of aryl methyl sites for hydroxylation is 2. The molecule has 4 nitrogen and oxygen atoms in total. The second-order valence-electron chi connectivity index (χ2n) is 5.08. The van der Waals surface area contributed by atoms with Crippen LogP contribution in [0.1, 0.15) is 21.7 Å². The molecule has 0 fully saturated rings. The number of thiazole rings is 1. The van der Waals surface area contributed by atoms with E-state index in [1.54, 1.807) is 18.2 Å². The smallest absolute Gasteiger partial charge is 0.315 e. The zero-order valence-corrected chi connectivity index (χ0v) is 13.3. The summed E-state index contributed by atoms with van der Waals surface area (Å²) >= 11 is 1.50. The average Bonchev–Trinajstić information content (AvgIpc) is 3.11. The number of aromatic nitrogens is 1. The first-order valence-electron chi connectivity index (χ1n) is 6.94. The normalized spacial score (nSPS) is 12.0. The molecule has 2 heterocycles. The quantitative estimate of drug-likeness (QED) is 0.690. The Hall–Kier alpha value is -2.40. The fourth-order valence-corrected chi connectivity index (χ4v) is 3.37. The molecule has 0 N–H and O–H groups in total. The summed E-state index contributed by atoms with van der Waals surface area (Å²) in [7, 11) is 0. The number of hydrogen-bond donors (Lipinski definition) is 0. The molecule has 2 aromatic heterocycles. The Labute approximate surface area is 132 Å². The first-order chi connectivity index (χ1) is 10.6. The van der Waals surface area contributed by atoms with E-state index in [4.69, 9.17) is 4.42 Å². The molecule has 3 rings (SSSR count). The number of rotatable bonds is 3. The lowest BCUT2D eigenvalue weighted by molar-refractivity contribution is 0.0971. The summed E-state index contributed by atoms with van der Waals surface area (Å²) in [5, 5.41) is 0. The number of carbonyl (C=O) groups is 1. The van der Waals surface area contributed by atoms with Gasteiger partial charge in [0.15, 0.2) is 10.6 Å². The number of benzene rings is 1. The Balaban J connectivity index is 2.22. The van der Waals surface area contributed by atoms with Crippen molar-refractivity contribution in [3.05, 3.63) is 64.9 Å². The number of fused-ring (bicyclic) bond motifs is 1. The molecule has 0 spiro atoms. The Morgan fingerprint density at radius 3 is 2.86 bits per heavy atom. The number of carbonyl (C=O) groups excluding carboxylic acids is 1. The monoisotopic (exact) mass is 312 g/mol. The van der Waals surface area contributed by atoms with E-state index in [0.717, 1.165) is 10.2 Å². The summed E-state index contributed by atoms with van der Waals surface area (Å²) in [5.74, 6) is -0.127.